The zero-order valence-corrected chi connectivity index (χ0v) is 15.6. The third-order valence-corrected chi connectivity index (χ3v) is 7.60. The molecule has 0 unspecified atom stereocenters. The molecule has 2 fully saturated rings. The lowest BCUT2D eigenvalue weighted by atomic mass is 9.55. The summed E-state index contributed by atoms with van der Waals surface area (Å²) >= 11 is 7.45. The molecule has 112 valence electrons. The Morgan fingerprint density at radius 1 is 0.636 bits per heavy atom. The van der Waals surface area contributed by atoms with E-state index < -0.39 is 0 Å². The van der Waals surface area contributed by atoms with Gasteiger partial charge in [-0.25, -0.2) is 0 Å². The van der Waals surface area contributed by atoms with Crippen molar-refractivity contribution >= 4 is 31.9 Å². The van der Waals surface area contributed by atoms with Gasteiger partial charge in [0.25, 0.3) is 0 Å². The lowest BCUT2D eigenvalue weighted by Gasteiger charge is -2.48. The van der Waals surface area contributed by atoms with Gasteiger partial charge in [-0.05, 0) is 72.2 Å². The predicted octanol–water partition coefficient (Wildman–Crippen LogP) is 6.74. The highest BCUT2D eigenvalue weighted by atomic mass is 79.9. The van der Waals surface area contributed by atoms with Crippen LogP contribution in [0.3, 0.4) is 0 Å². The number of rotatable bonds is 0. The van der Waals surface area contributed by atoms with Gasteiger partial charge in [-0.3, -0.25) is 0 Å². The van der Waals surface area contributed by atoms with E-state index >= 15 is 0 Å². The summed E-state index contributed by atoms with van der Waals surface area (Å²) in [6, 6.07) is 13.9. The molecular formula is C20H18Br2. The van der Waals surface area contributed by atoms with Gasteiger partial charge in [-0.1, -0.05) is 56.8 Å². The molecule has 0 amide bonds. The zero-order chi connectivity index (χ0) is 14.9. The van der Waals surface area contributed by atoms with E-state index in [-0.39, 0.29) is 0 Å². The van der Waals surface area contributed by atoms with Gasteiger partial charge in [0.1, 0.15) is 0 Å². The summed E-state index contributed by atoms with van der Waals surface area (Å²) in [6.45, 7) is 0. The fraction of sp³-hybridized carbons (Fsp3) is 0.400. The molecule has 2 aromatic rings. The van der Waals surface area contributed by atoms with Gasteiger partial charge in [-0.15, -0.1) is 0 Å². The molecule has 0 radical (unpaired) electrons. The van der Waals surface area contributed by atoms with Crippen LogP contribution in [-0.4, -0.2) is 0 Å². The first kappa shape index (κ1) is 13.8. The molecular weight excluding hydrogens is 400 g/mol. The van der Waals surface area contributed by atoms with Crippen molar-refractivity contribution in [3.63, 3.8) is 0 Å². The van der Waals surface area contributed by atoms with Crippen LogP contribution in [0.15, 0.2) is 45.3 Å². The van der Waals surface area contributed by atoms with Crippen molar-refractivity contribution < 1.29 is 0 Å². The van der Waals surface area contributed by atoms with Crippen molar-refractivity contribution in [2.75, 3.05) is 0 Å². The Kier molecular flexibility index (Phi) is 2.81. The maximum absolute atomic E-state index is 3.72. The minimum atomic E-state index is 0.389. The van der Waals surface area contributed by atoms with E-state index in [1.54, 1.807) is 11.1 Å². The molecule has 0 saturated heterocycles. The highest BCUT2D eigenvalue weighted by Crippen LogP contribution is 2.69. The summed E-state index contributed by atoms with van der Waals surface area (Å²) in [6.07, 6.45) is 8.20. The van der Waals surface area contributed by atoms with Crippen molar-refractivity contribution in [1.82, 2.24) is 0 Å². The van der Waals surface area contributed by atoms with Crippen molar-refractivity contribution in [1.29, 1.82) is 0 Å². The van der Waals surface area contributed by atoms with E-state index in [2.05, 4.69) is 68.3 Å². The quantitative estimate of drug-likeness (QED) is 0.445. The van der Waals surface area contributed by atoms with E-state index in [0.717, 1.165) is 0 Å². The summed E-state index contributed by atoms with van der Waals surface area (Å²) in [5.41, 5.74) is 6.97. The maximum atomic E-state index is 3.72. The van der Waals surface area contributed by atoms with Crippen molar-refractivity contribution in [3.8, 4) is 11.1 Å². The van der Waals surface area contributed by atoms with Gasteiger partial charge >= 0.3 is 0 Å². The smallest absolute Gasteiger partial charge is 0.0178 e. The highest BCUT2D eigenvalue weighted by Gasteiger charge is 2.62. The molecule has 0 heterocycles. The molecule has 0 aliphatic heterocycles. The Hall–Kier alpha value is -0.600. The number of hydrogen-bond donors (Lipinski definition) is 0. The van der Waals surface area contributed by atoms with Gasteiger partial charge in [0.2, 0.25) is 0 Å². The maximum Gasteiger partial charge on any atom is 0.0178 e. The number of benzene rings is 2. The van der Waals surface area contributed by atoms with Gasteiger partial charge in [-0.2, -0.15) is 0 Å². The van der Waals surface area contributed by atoms with E-state index in [9.17, 15) is 0 Å². The second-order valence-corrected chi connectivity index (χ2v) is 9.08. The summed E-state index contributed by atoms with van der Waals surface area (Å²) in [5, 5.41) is 0. The van der Waals surface area contributed by atoms with Gasteiger partial charge in [0.15, 0.2) is 0 Å². The molecule has 0 aromatic heterocycles. The average Bonchev–Trinajstić information content (AvgIpc) is 3.04. The van der Waals surface area contributed by atoms with Gasteiger partial charge < -0.3 is 0 Å². The normalized spacial score (nSPS) is 31.4. The van der Waals surface area contributed by atoms with Crippen molar-refractivity contribution in [3.05, 3.63) is 56.5 Å². The molecule has 0 atom stereocenters. The molecule has 0 spiro atoms. The Bertz CT molecular complexity index is 715. The van der Waals surface area contributed by atoms with Crippen LogP contribution in [0.2, 0.25) is 0 Å². The monoisotopic (exact) mass is 416 g/mol. The predicted molar refractivity (Wildman–Crippen MR) is 98.3 cm³/mol. The Balaban J connectivity index is 1.93. The lowest BCUT2D eigenvalue weighted by molar-refractivity contribution is 0.299. The Morgan fingerprint density at radius 2 is 1.05 bits per heavy atom. The standard InChI is InChI=1S/C20H18Br2/c21-13-3-5-15-16-6-4-14(22)12-18(16)20-8-1-7-19(20,9-2-10-20)17(15)11-13/h3-6,11-12H,1-2,7-10H2/t19-,20+. The average molecular weight is 418 g/mol. The molecule has 2 aromatic carbocycles. The second-order valence-electron chi connectivity index (χ2n) is 7.25. The molecule has 2 heteroatoms. The van der Waals surface area contributed by atoms with Gasteiger partial charge in [0.05, 0.1) is 0 Å². The molecule has 0 N–H and O–H groups in total. The number of hydrogen-bond acceptors (Lipinski definition) is 0. The van der Waals surface area contributed by atoms with Gasteiger partial charge in [0, 0.05) is 19.8 Å². The van der Waals surface area contributed by atoms with E-state index in [4.69, 9.17) is 0 Å². The molecule has 0 bridgehead atoms. The zero-order valence-electron chi connectivity index (χ0n) is 12.5. The topological polar surface area (TPSA) is 0 Å². The Morgan fingerprint density at radius 3 is 1.45 bits per heavy atom. The van der Waals surface area contributed by atoms with E-state index in [1.165, 1.54) is 58.6 Å². The summed E-state index contributed by atoms with van der Waals surface area (Å²) < 4.78 is 2.46. The molecule has 3 aliphatic rings. The minimum Gasteiger partial charge on any atom is -0.0530 e. The van der Waals surface area contributed by atoms with E-state index in [0.29, 0.717) is 10.8 Å². The molecule has 2 saturated carbocycles. The van der Waals surface area contributed by atoms with Crippen LogP contribution in [0.25, 0.3) is 11.1 Å². The van der Waals surface area contributed by atoms with Crippen LogP contribution in [0, 0.1) is 0 Å². The van der Waals surface area contributed by atoms with Crippen LogP contribution >= 0.6 is 31.9 Å². The fourth-order valence-corrected chi connectivity index (χ4v) is 6.66. The molecule has 22 heavy (non-hydrogen) atoms. The van der Waals surface area contributed by atoms with Crippen molar-refractivity contribution in [2.24, 2.45) is 0 Å². The van der Waals surface area contributed by atoms with Crippen LogP contribution in [0.5, 0.6) is 0 Å². The van der Waals surface area contributed by atoms with Crippen LogP contribution in [0.4, 0.5) is 0 Å². The first-order valence-corrected chi connectivity index (χ1v) is 9.85. The second kappa shape index (κ2) is 4.48. The van der Waals surface area contributed by atoms with E-state index in [1.807, 2.05) is 0 Å². The first-order chi connectivity index (χ1) is 10.7. The van der Waals surface area contributed by atoms with Crippen molar-refractivity contribution in [2.45, 2.75) is 49.4 Å². The van der Waals surface area contributed by atoms with Crippen LogP contribution in [-0.2, 0) is 10.8 Å². The summed E-state index contributed by atoms with van der Waals surface area (Å²) in [7, 11) is 0. The molecule has 0 nitrogen and oxygen atoms in total. The number of halogens is 2. The largest absolute Gasteiger partial charge is 0.0530 e. The molecule has 3 aliphatic carbocycles. The Labute approximate surface area is 148 Å². The first-order valence-electron chi connectivity index (χ1n) is 8.27. The SMILES string of the molecule is Brc1ccc2c(c1)[C@]13CCC[C@]1(CCC3)c1cc(Br)ccc1-2. The highest BCUT2D eigenvalue weighted by molar-refractivity contribution is 9.10. The summed E-state index contributed by atoms with van der Waals surface area (Å²) in [4.78, 5) is 0. The summed E-state index contributed by atoms with van der Waals surface area (Å²) in [5.74, 6) is 0. The fourth-order valence-electron chi connectivity index (χ4n) is 5.94. The third kappa shape index (κ3) is 1.49. The minimum absolute atomic E-state index is 0.389. The lowest BCUT2D eigenvalue weighted by Crippen LogP contribution is -2.43. The molecule has 5 rings (SSSR count). The van der Waals surface area contributed by atoms with Crippen LogP contribution in [0.1, 0.15) is 49.7 Å². The van der Waals surface area contributed by atoms with Crippen LogP contribution < -0.4 is 0 Å². The number of fused-ring (bicyclic) bond motifs is 3. The third-order valence-electron chi connectivity index (χ3n) is 6.61.